The third-order valence-electron chi connectivity index (χ3n) is 3.97. The average molecular weight is 374 g/mol. The molecule has 2 aromatic carbocycles. The zero-order valence-electron chi connectivity index (χ0n) is 13.3. The highest BCUT2D eigenvalue weighted by atomic mass is 32.2. The minimum atomic E-state index is -5.49. The van der Waals surface area contributed by atoms with Gasteiger partial charge < -0.3 is 0 Å². The summed E-state index contributed by atoms with van der Waals surface area (Å²) < 4.78 is 87.7. The minimum absolute atomic E-state index is 0.328. The monoisotopic (exact) mass is 374 g/mol. The van der Waals surface area contributed by atoms with E-state index in [9.17, 15) is 26.0 Å². The van der Waals surface area contributed by atoms with Gasteiger partial charge in [0.15, 0.2) is 28.2 Å². The molecule has 0 fully saturated rings. The summed E-state index contributed by atoms with van der Waals surface area (Å²) in [7, 11) is -5.49. The molecule has 0 atom stereocenters. The Hall–Kier alpha value is -2.19. The van der Waals surface area contributed by atoms with E-state index in [1.165, 1.54) is 32.1 Å². The fourth-order valence-electron chi connectivity index (χ4n) is 2.57. The topological polar surface area (TPSA) is 54.4 Å². The third kappa shape index (κ3) is 3.19. The lowest BCUT2D eigenvalue weighted by Crippen LogP contribution is -2.26. The molecule has 0 amide bonds. The van der Waals surface area contributed by atoms with Gasteiger partial charge in [-0.25, -0.2) is 17.6 Å². The fourth-order valence-corrected chi connectivity index (χ4v) is 3.20. The van der Waals surface area contributed by atoms with Crippen molar-refractivity contribution in [3.63, 3.8) is 0 Å². The number of halogens is 4. The molecule has 0 aromatic heterocycles. The van der Waals surface area contributed by atoms with Gasteiger partial charge in [-0.3, -0.25) is 4.55 Å². The van der Waals surface area contributed by atoms with Crippen molar-refractivity contribution in [2.75, 3.05) is 0 Å². The number of rotatable bonds is 4. The first-order valence-electron chi connectivity index (χ1n) is 6.99. The normalized spacial score (nSPS) is 12.3. The molecule has 0 spiro atoms. The quantitative estimate of drug-likeness (QED) is 0.488. The number of benzene rings is 2. The minimum Gasteiger partial charge on any atom is -0.282 e. The van der Waals surface area contributed by atoms with Gasteiger partial charge in [0.05, 0.1) is 0 Å². The largest absolute Gasteiger partial charge is 0.300 e. The second-order valence-electron chi connectivity index (χ2n) is 5.89. The van der Waals surface area contributed by atoms with Crippen LogP contribution in [-0.4, -0.2) is 13.0 Å². The van der Waals surface area contributed by atoms with E-state index < -0.39 is 49.3 Å². The molecule has 0 saturated carbocycles. The Bertz CT molecular complexity index is 920. The summed E-state index contributed by atoms with van der Waals surface area (Å²) in [5, 5.41) is 0. The van der Waals surface area contributed by atoms with Gasteiger partial charge in [-0.2, -0.15) is 8.42 Å². The van der Waals surface area contributed by atoms with Crippen molar-refractivity contribution >= 4 is 16.2 Å². The van der Waals surface area contributed by atoms with Crippen molar-refractivity contribution in [2.24, 2.45) is 0 Å². The Balaban J connectivity index is 2.80. The van der Waals surface area contributed by atoms with Gasteiger partial charge in [-0.15, -0.1) is 0 Å². The summed E-state index contributed by atoms with van der Waals surface area (Å²) in [4.78, 5) is -2.05. The summed E-state index contributed by atoms with van der Waals surface area (Å²) in [5.74, 6) is -8.12. The Morgan fingerprint density at radius 1 is 0.960 bits per heavy atom. The summed E-state index contributed by atoms with van der Waals surface area (Å²) in [5.41, 5.74) is -1.47. The number of hydrogen-bond acceptors (Lipinski definition) is 2. The van der Waals surface area contributed by atoms with Gasteiger partial charge in [0, 0.05) is 11.0 Å². The zero-order chi connectivity index (χ0) is 19.2. The van der Waals surface area contributed by atoms with Crippen LogP contribution >= 0.6 is 0 Å². The highest BCUT2D eigenvalue weighted by Gasteiger charge is 2.38. The van der Waals surface area contributed by atoms with E-state index in [1.807, 2.05) is 0 Å². The van der Waals surface area contributed by atoms with Crippen LogP contribution in [0.15, 0.2) is 35.7 Å². The molecule has 0 aliphatic carbocycles. The van der Waals surface area contributed by atoms with E-state index in [4.69, 9.17) is 4.55 Å². The van der Waals surface area contributed by atoms with Crippen molar-refractivity contribution in [1.29, 1.82) is 0 Å². The highest BCUT2D eigenvalue weighted by Crippen LogP contribution is 2.39. The van der Waals surface area contributed by atoms with E-state index in [0.29, 0.717) is 5.56 Å². The molecule has 2 rings (SSSR count). The Morgan fingerprint density at radius 3 is 1.76 bits per heavy atom. The molecule has 0 radical (unpaired) electrons. The molecule has 25 heavy (non-hydrogen) atoms. The summed E-state index contributed by atoms with van der Waals surface area (Å²) in [6.07, 6.45) is 1.54. The van der Waals surface area contributed by atoms with Gasteiger partial charge in [0.1, 0.15) is 0 Å². The fraction of sp³-hybridized carbons (Fsp3) is 0.176. The van der Waals surface area contributed by atoms with Gasteiger partial charge in [-0.1, -0.05) is 50.8 Å². The maximum Gasteiger partial charge on any atom is 0.300 e. The van der Waals surface area contributed by atoms with Crippen LogP contribution in [0.3, 0.4) is 0 Å². The van der Waals surface area contributed by atoms with Crippen LogP contribution in [0.2, 0.25) is 0 Å². The van der Waals surface area contributed by atoms with Crippen LogP contribution in [0, 0.1) is 23.3 Å². The van der Waals surface area contributed by atoms with Crippen molar-refractivity contribution < 1.29 is 30.5 Å². The van der Waals surface area contributed by atoms with E-state index in [2.05, 4.69) is 6.58 Å². The smallest absolute Gasteiger partial charge is 0.282 e. The van der Waals surface area contributed by atoms with Crippen molar-refractivity contribution in [1.82, 2.24) is 0 Å². The molecule has 134 valence electrons. The Labute approximate surface area is 142 Å². The van der Waals surface area contributed by atoms with Gasteiger partial charge in [-0.05, 0) is 11.1 Å². The molecule has 1 N–H and O–H groups in total. The molecule has 3 nitrogen and oxygen atoms in total. The SMILES string of the molecule is C=Cc1ccc(C(C)(C)c2c(F)c(F)c(S(=O)(=O)O)c(F)c2F)cc1. The first-order chi connectivity index (χ1) is 11.4. The van der Waals surface area contributed by atoms with E-state index in [1.54, 1.807) is 12.1 Å². The Morgan fingerprint density at radius 2 is 1.40 bits per heavy atom. The predicted molar refractivity (Wildman–Crippen MR) is 84.7 cm³/mol. The molecule has 0 unspecified atom stereocenters. The molecule has 8 heteroatoms. The summed E-state index contributed by atoms with van der Waals surface area (Å²) in [6.45, 7) is 6.21. The van der Waals surface area contributed by atoms with Gasteiger partial charge in [0.25, 0.3) is 0 Å². The second kappa shape index (κ2) is 6.27. The van der Waals surface area contributed by atoms with Crippen molar-refractivity contribution in [3.05, 3.63) is 70.8 Å². The Kier molecular flexibility index (Phi) is 4.80. The lowest BCUT2D eigenvalue weighted by molar-refractivity contribution is 0.378. The van der Waals surface area contributed by atoms with E-state index in [0.717, 1.165) is 5.56 Å². The summed E-state index contributed by atoms with van der Waals surface area (Å²) >= 11 is 0. The van der Waals surface area contributed by atoms with Gasteiger partial charge >= 0.3 is 10.1 Å². The van der Waals surface area contributed by atoms with E-state index in [-0.39, 0.29) is 0 Å². The van der Waals surface area contributed by atoms with Crippen molar-refractivity contribution in [2.45, 2.75) is 24.2 Å². The van der Waals surface area contributed by atoms with E-state index >= 15 is 0 Å². The lowest BCUT2D eigenvalue weighted by atomic mass is 9.77. The standard InChI is InChI=1S/C17H14F4O3S/c1-4-9-5-7-10(8-6-9)17(2,3)11-12(18)14(20)16(25(22,23)24)15(21)13(11)19/h4-8H,1H2,2-3H3,(H,22,23,24). The summed E-state index contributed by atoms with van der Waals surface area (Å²) in [6, 6.07) is 6.20. The second-order valence-corrected chi connectivity index (χ2v) is 7.24. The van der Waals surface area contributed by atoms with Crippen LogP contribution < -0.4 is 0 Å². The maximum atomic E-state index is 14.4. The molecule has 0 bridgehead atoms. The molecule has 0 heterocycles. The van der Waals surface area contributed by atoms with Crippen LogP contribution in [-0.2, 0) is 15.5 Å². The molecule has 0 aliphatic rings. The van der Waals surface area contributed by atoms with Crippen LogP contribution in [0.5, 0.6) is 0 Å². The highest BCUT2D eigenvalue weighted by molar-refractivity contribution is 7.85. The molecule has 2 aromatic rings. The van der Waals surface area contributed by atoms with Crippen LogP contribution in [0.1, 0.15) is 30.5 Å². The first kappa shape index (κ1) is 19.1. The van der Waals surface area contributed by atoms with Crippen LogP contribution in [0.25, 0.3) is 6.08 Å². The molecular weight excluding hydrogens is 360 g/mol. The molecular formula is C17H14F4O3S. The maximum absolute atomic E-state index is 14.4. The van der Waals surface area contributed by atoms with Gasteiger partial charge in [0.2, 0.25) is 0 Å². The lowest BCUT2D eigenvalue weighted by Gasteiger charge is -2.28. The molecule has 0 aliphatic heterocycles. The average Bonchev–Trinajstić information content (AvgIpc) is 2.52. The third-order valence-corrected chi connectivity index (χ3v) is 4.85. The van der Waals surface area contributed by atoms with Crippen LogP contribution in [0.4, 0.5) is 17.6 Å². The predicted octanol–water partition coefficient (Wildman–Crippen LogP) is 4.46. The first-order valence-corrected chi connectivity index (χ1v) is 8.43. The molecule has 0 saturated heterocycles. The zero-order valence-corrected chi connectivity index (χ0v) is 14.1. The van der Waals surface area contributed by atoms with Crippen molar-refractivity contribution in [3.8, 4) is 0 Å². The number of hydrogen-bond donors (Lipinski definition) is 1.